The molecule has 1 amide bonds. The minimum absolute atomic E-state index is 0.00814. The molecular weight excluding hydrogens is 610 g/mol. The first-order valence-corrected chi connectivity index (χ1v) is 18.6. The summed E-state index contributed by atoms with van der Waals surface area (Å²) in [5.74, 6) is 0.794. The average Bonchev–Trinajstić information content (AvgIpc) is 3.45. The molecule has 9 atom stereocenters. The summed E-state index contributed by atoms with van der Waals surface area (Å²) >= 11 is 0. The van der Waals surface area contributed by atoms with Crippen molar-refractivity contribution < 1.29 is 24.2 Å². The lowest BCUT2D eigenvalue weighted by molar-refractivity contribution is -0.231. The number of rotatable bonds is 6. The number of benzene rings is 2. The first-order chi connectivity index (χ1) is 23.1. The van der Waals surface area contributed by atoms with Gasteiger partial charge >= 0.3 is 11.9 Å². The van der Waals surface area contributed by atoms with Crippen molar-refractivity contribution in [2.75, 3.05) is 4.90 Å². The van der Waals surface area contributed by atoms with Gasteiger partial charge in [0, 0.05) is 17.6 Å². The lowest BCUT2D eigenvalue weighted by Gasteiger charge is -2.72. The Kier molecular flexibility index (Phi) is 8.04. The first kappa shape index (κ1) is 34.1. The molecule has 7 rings (SSSR count). The molecule has 0 spiro atoms. The number of amides is 1. The summed E-state index contributed by atoms with van der Waals surface area (Å²) in [6, 6.07) is 16.8. The molecule has 0 aromatic heterocycles. The molecule has 1 N–H and O–H groups in total. The molecule has 0 unspecified atom stereocenters. The molecule has 1 heterocycles. The van der Waals surface area contributed by atoms with Crippen molar-refractivity contribution >= 4 is 23.5 Å². The maximum atomic E-state index is 14.3. The largest absolute Gasteiger partial charge is 0.478 e. The number of aromatic carboxylic acids is 1. The van der Waals surface area contributed by atoms with Gasteiger partial charge in [0.15, 0.2) is 0 Å². The van der Waals surface area contributed by atoms with E-state index in [-0.39, 0.29) is 39.6 Å². The highest BCUT2D eigenvalue weighted by molar-refractivity contribution is 5.97. The molecule has 1 saturated heterocycles. The zero-order chi connectivity index (χ0) is 35.1. The van der Waals surface area contributed by atoms with Crippen molar-refractivity contribution in [3.8, 4) is 0 Å². The maximum absolute atomic E-state index is 14.3. The summed E-state index contributed by atoms with van der Waals surface area (Å²) in [6.45, 7) is 18.9. The van der Waals surface area contributed by atoms with Crippen molar-refractivity contribution in [2.24, 2.45) is 51.2 Å². The standard InChI is InChI=1S/C43H55NO5/c1-27(2)31-19-22-43(38(48)49-26-28-11-9-8-10-12-28)24-23-41(6)32(36(31)43)17-18-34-40(5)25-35(45)44(30-15-13-29(14-16-30)37(46)47)39(3,4)33(40)20-21-42(34,41)7/h8-16,31-34,36H,1,17-26H2,2-7H3,(H,46,47)/t31-,32+,33-,34+,36+,40-,41+,42+,43-/m0/s1. The third kappa shape index (κ3) is 4.82. The van der Waals surface area contributed by atoms with E-state index in [1.165, 1.54) is 5.57 Å². The van der Waals surface area contributed by atoms with Gasteiger partial charge in [-0.15, -0.1) is 0 Å². The number of hydrogen-bond acceptors (Lipinski definition) is 4. The molecule has 262 valence electrons. The Morgan fingerprint density at radius 2 is 1.55 bits per heavy atom. The van der Waals surface area contributed by atoms with Crippen LogP contribution in [0.5, 0.6) is 0 Å². The fourth-order valence-corrected chi connectivity index (χ4v) is 13.2. The number of allylic oxidation sites excluding steroid dienone is 1. The number of anilines is 1. The van der Waals surface area contributed by atoms with E-state index < -0.39 is 16.9 Å². The van der Waals surface area contributed by atoms with E-state index in [1.807, 2.05) is 35.2 Å². The van der Waals surface area contributed by atoms with Gasteiger partial charge in [-0.25, -0.2) is 4.79 Å². The van der Waals surface area contributed by atoms with Crippen molar-refractivity contribution in [1.82, 2.24) is 0 Å². The lowest BCUT2D eigenvalue weighted by atomic mass is 9.33. The number of hydrogen-bond donors (Lipinski definition) is 1. The summed E-state index contributed by atoms with van der Waals surface area (Å²) in [5, 5.41) is 9.46. The van der Waals surface area contributed by atoms with E-state index in [1.54, 1.807) is 24.3 Å². The van der Waals surface area contributed by atoms with Gasteiger partial charge in [0.1, 0.15) is 6.61 Å². The summed E-state index contributed by atoms with van der Waals surface area (Å²) in [7, 11) is 0. The van der Waals surface area contributed by atoms with Gasteiger partial charge in [0.05, 0.1) is 11.0 Å². The third-order valence-electron chi connectivity index (χ3n) is 15.5. The molecule has 6 nitrogen and oxygen atoms in total. The SMILES string of the molecule is C=C(C)[C@@H]1CC[C@]2(C(=O)OCc3ccccc3)CC[C@]3(C)[C@H](CC[C@@H]4[C@@]5(C)CC(=O)N(c6ccc(C(=O)O)cc6)C(C)(C)[C@@H]5CC[C@]43C)[C@@H]12. The zero-order valence-electron chi connectivity index (χ0n) is 30.4. The van der Waals surface area contributed by atoms with Gasteiger partial charge in [-0.2, -0.15) is 0 Å². The Balaban J connectivity index is 1.20. The zero-order valence-corrected chi connectivity index (χ0v) is 30.4. The fraction of sp³-hybridized carbons (Fsp3) is 0.605. The molecule has 1 aliphatic heterocycles. The van der Waals surface area contributed by atoms with Crippen LogP contribution in [0.1, 0.15) is 115 Å². The molecule has 49 heavy (non-hydrogen) atoms. The topological polar surface area (TPSA) is 83.9 Å². The van der Waals surface area contributed by atoms with Crippen LogP contribution in [0.25, 0.3) is 0 Å². The predicted octanol–water partition coefficient (Wildman–Crippen LogP) is 9.48. The Hall–Kier alpha value is -3.41. The first-order valence-electron chi connectivity index (χ1n) is 18.6. The van der Waals surface area contributed by atoms with Crippen molar-refractivity contribution in [3.63, 3.8) is 0 Å². The van der Waals surface area contributed by atoms with Gasteiger partial charge < -0.3 is 14.7 Å². The maximum Gasteiger partial charge on any atom is 0.335 e. The van der Waals surface area contributed by atoms with Crippen molar-refractivity contribution in [1.29, 1.82) is 0 Å². The molecule has 4 aliphatic carbocycles. The molecule has 2 aromatic carbocycles. The number of nitrogens with zero attached hydrogens (tertiary/aromatic N) is 1. The van der Waals surface area contributed by atoms with Gasteiger partial charge in [-0.1, -0.05) is 63.3 Å². The summed E-state index contributed by atoms with van der Waals surface area (Å²) in [4.78, 5) is 42.1. The van der Waals surface area contributed by atoms with Crippen molar-refractivity contribution in [3.05, 3.63) is 77.9 Å². The summed E-state index contributed by atoms with van der Waals surface area (Å²) in [5.41, 5.74) is 2.25. The number of carbonyl (C=O) groups is 3. The van der Waals surface area contributed by atoms with Gasteiger partial charge in [-0.05, 0) is 148 Å². The average molecular weight is 666 g/mol. The Morgan fingerprint density at radius 3 is 2.20 bits per heavy atom. The van der Waals surface area contributed by atoms with Crippen LogP contribution in [0, 0.1) is 51.2 Å². The number of fused-ring (bicyclic) bond motifs is 7. The quantitative estimate of drug-likeness (QED) is 0.246. The monoisotopic (exact) mass is 665 g/mol. The highest BCUT2D eigenvalue weighted by Gasteiger charge is 2.72. The Morgan fingerprint density at radius 1 is 0.857 bits per heavy atom. The number of carbonyl (C=O) groups excluding carboxylic acids is 2. The highest BCUT2D eigenvalue weighted by Crippen LogP contribution is 2.77. The molecule has 5 fully saturated rings. The second-order valence-corrected chi connectivity index (χ2v) is 17.8. The molecule has 4 saturated carbocycles. The molecule has 5 aliphatic rings. The highest BCUT2D eigenvalue weighted by atomic mass is 16.5. The molecule has 6 heteroatoms. The Labute approximate surface area is 292 Å². The second-order valence-electron chi connectivity index (χ2n) is 17.8. The van der Waals surface area contributed by atoms with Crippen LogP contribution in [-0.2, 0) is 20.9 Å². The van der Waals surface area contributed by atoms with Gasteiger partial charge in [0.2, 0.25) is 5.91 Å². The summed E-state index contributed by atoms with van der Waals surface area (Å²) < 4.78 is 6.19. The predicted molar refractivity (Wildman–Crippen MR) is 192 cm³/mol. The minimum atomic E-state index is -0.963. The number of piperidine rings is 1. The van der Waals surface area contributed by atoms with E-state index >= 15 is 0 Å². The fourth-order valence-electron chi connectivity index (χ4n) is 13.2. The minimum Gasteiger partial charge on any atom is -0.478 e. The number of esters is 1. The van der Waals surface area contributed by atoms with E-state index in [0.717, 1.165) is 62.6 Å². The van der Waals surface area contributed by atoms with Crippen LogP contribution in [0.15, 0.2) is 66.7 Å². The van der Waals surface area contributed by atoms with Crippen LogP contribution < -0.4 is 4.90 Å². The molecule has 0 radical (unpaired) electrons. The van der Waals surface area contributed by atoms with Crippen LogP contribution in [0.4, 0.5) is 5.69 Å². The van der Waals surface area contributed by atoms with Gasteiger partial charge in [0.25, 0.3) is 0 Å². The lowest BCUT2D eigenvalue weighted by Crippen LogP contribution is -2.71. The summed E-state index contributed by atoms with van der Waals surface area (Å²) in [6.07, 6.45) is 8.50. The molecule has 0 bridgehead atoms. The normalized spacial score (nSPS) is 39.2. The van der Waals surface area contributed by atoms with Crippen LogP contribution in [-0.4, -0.2) is 28.5 Å². The molecule has 2 aromatic rings. The van der Waals surface area contributed by atoms with Crippen LogP contribution in [0.3, 0.4) is 0 Å². The van der Waals surface area contributed by atoms with E-state index in [9.17, 15) is 19.5 Å². The van der Waals surface area contributed by atoms with E-state index in [0.29, 0.717) is 36.7 Å². The number of carboxylic acids is 1. The number of carboxylic acid groups (broad SMARTS) is 1. The molecular formula is C43H55NO5. The smallest absolute Gasteiger partial charge is 0.335 e. The van der Waals surface area contributed by atoms with Crippen molar-refractivity contribution in [2.45, 2.75) is 111 Å². The second kappa shape index (κ2) is 11.6. The van der Waals surface area contributed by atoms with E-state index in [2.05, 4.69) is 48.1 Å². The van der Waals surface area contributed by atoms with Gasteiger partial charge in [-0.3, -0.25) is 9.59 Å². The van der Waals surface area contributed by atoms with Crippen LogP contribution >= 0.6 is 0 Å². The van der Waals surface area contributed by atoms with Crippen LogP contribution in [0.2, 0.25) is 0 Å². The Bertz CT molecular complexity index is 1660. The third-order valence-corrected chi connectivity index (χ3v) is 15.5. The van der Waals surface area contributed by atoms with E-state index in [4.69, 9.17) is 4.74 Å². The number of ether oxygens (including phenoxy) is 1.